The van der Waals surface area contributed by atoms with E-state index in [-0.39, 0.29) is 30.2 Å². The minimum Gasteiger partial charge on any atom is -0.449 e. The number of hydrogen-bond donors (Lipinski definition) is 1. The van der Waals surface area contributed by atoms with Crippen LogP contribution in [0, 0.1) is 23.5 Å². The Bertz CT molecular complexity index is 1230. The molecular formula is C26H19F2NO3. The van der Waals surface area contributed by atoms with Crippen molar-refractivity contribution >= 4 is 11.9 Å². The Balaban J connectivity index is 1.37. The maximum absolute atomic E-state index is 13.8. The highest BCUT2D eigenvalue weighted by Gasteiger charge is 2.28. The fourth-order valence-electron chi connectivity index (χ4n) is 3.82. The van der Waals surface area contributed by atoms with Crippen molar-refractivity contribution in [2.24, 2.45) is 0 Å². The number of amides is 1. The summed E-state index contributed by atoms with van der Waals surface area (Å²) >= 11 is 0. The van der Waals surface area contributed by atoms with E-state index in [1.807, 2.05) is 36.4 Å². The second-order valence-corrected chi connectivity index (χ2v) is 7.35. The molecule has 0 spiro atoms. The van der Waals surface area contributed by atoms with Crippen LogP contribution in [0.4, 0.5) is 13.6 Å². The number of fused-ring (bicyclic) bond motifs is 3. The largest absolute Gasteiger partial charge is 0.449 e. The summed E-state index contributed by atoms with van der Waals surface area (Å²) in [6, 6.07) is 17.7. The van der Waals surface area contributed by atoms with Crippen LogP contribution in [0.2, 0.25) is 0 Å². The Morgan fingerprint density at radius 1 is 0.969 bits per heavy atom. The quantitative estimate of drug-likeness (QED) is 0.464. The summed E-state index contributed by atoms with van der Waals surface area (Å²) in [7, 11) is 0. The molecule has 0 bridgehead atoms. The van der Waals surface area contributed by atoms with E-state index in [1.165, 1.54) is 6.92 Å². The minimum atomic E-state index is -0.933. The summed E-state index contributed by atoms with van der Waals surface area (Å²) in [5, 5.41) is 2.49. The molecule has 0 atom stereocenters. The summed E-state index contributed by atoms with van der Waals surface area (Å²) in [6.45, 7) is 1.26. The van der Waals surface area contributed by atoms with Crippen LogP contribution < -0.4 is 5.32 Å². The van der Waals surface area contributed by atoms with Crippen molar-refractivity contribution in [1.29, 1.82) is 0 Å². The SMILES string of the molecule is CC(=O)c1cc(C#CCNC(=O)OCC2c3ccccc3-c3ccccc32)c(F)cc1F. The average molecular weight is 431 g/mol. The summed E-state index contributed by atoms with van der Waals surface area (Å²) in [6.07, 6.45) is -0.648. The first-order valence-corrected chi connectivity index (χ1v) is 10.0. The lowest BCUT2D eigenvalue weighted by Crippen LogP contribution is -2.26. The van der Waals surface area contributed by atoms with E-state index in [0.29, 0.717) is 6.07 Å². The third kappa shape index (κ3) is 4.23. The van der Waals surface area contributed by atoms with Crippen molar-refractivity contribution < 1.29 is 23.1 Å². The van der Waals surface area contributed by atoms with Gasteiger partial charge in [-0.05, 0) is 35.2 Å². The van der Waals surface area contributed by atoms with Gasteiger partial charge in [-0.15, -0.1) is 0 Å². The van der Waals surface area contributed by atoms with Crippen LogP contribution >= 0.6 is 0 Å². The molecule has 4 rings (SSSR count). The van der Waals surface area contributed by atoms with Gasteiger partial charge in [-0.25, -0.2) is 13.6 Å². The van der Waals surface area contributed by atoms with Crippen molar-refractivity contribution in [3.05, 3.63) is 94.6 Å². The zero-order valence-electron chi connectivity index (χ0n) is 17.2. The number of carbonyl (C=O) groups is 2. The molecule has 1 N–H and O–H groups in total. The van der Waals surface area contributed by atoms with Gasteiger partial charge in [0.1, 0.15) is 18.2 Å². The fraction of sp³-hybridized carbons (Fsp3) is 0.154. The Hall–Kier alpha value is -3.98. The van der Waals surface area contributed by atoms with E-state index in [9.17, 15) is 18.4 Å². The molecule has 3 aromatic rings. The van der Waals surface area contributed by atoms with Gasteiger partial charge in [-0.3, -0.25) is 4.79 Å². The van der Waals surface area contributed by atoms with E-state index in [0.717, 1.165) is 28.3 Å². The lowest BCUT2D eigenvalue weighted by atomic mass is 9.98. The fourth-order valence-corrected chi connectivity index (χ4v) is 3.82. The summed E-state index contributed by atoms with van der Waals surface area (Å²) in [5.74, 6) is 2.69. The maximum atomic E-state index is 13.8. The van der Waals surface area contributed by atoms with E-state index < -0.39 is 23.5 Å². The van der Waals surface area contributed by atoms with Crippen LogP contribution in [-0.2, 0) is 4.74 Å². The molecule has 32 heavy (non-hydrogen) atoms. The first-order valence-electron chi connectivity index (χ1n) is 10.0. The second-order valence-electron chi connectivity index (χ2n) is 7.35. The van der Waals surface area contributed by atoms with Gasteiger partial charge in [0.2, 0.25) is 0 Å². The molecular weight excluding hydrogens is 412 g/mol. The summed E-state index contributed by atoms with van der Waals surface area (Å²) in [4.78, 5) is 23.5. The number of halogens is 2. The number of hydrogen-bond acceptors (Lipinski definition) is 3. The predicted octanol–water partition coefficient (Wildman–Crippen LogP) is 5.06. The molecule has 6 heteroatoms. The van der Waals surface area contributed by atoms with Gasteiger partial charge in [0.25, 0.3) is 0 Å². The molecule has 1 aliphatic rings. The molecule has 0 unspecified atom stereocenters. The third-order valence-electron chi connectivity index (χ3n) is 5.32. The highest BCUT2D eigenvalue weighted by atomic mass is 19.1. The van der Waals surface area contributed by atoms with Gasteiger partial charge in [0.05, 0.1) is 17.7 Å². The van der Waals surface area contributed by atoms with Gasteiger partial charge in [0, 0.05) is 12.0 Å². The Morgan fingerprint density at radius 3 is 2.22 bits per heavy atom. The van der Waals surface area contributed by atoms with Crippen LogP contribution in [0.25, 0.3) is 11.1 Å². The van der Waals surface area contributed by atoms with E-state index in [2.05, 4.69) is 29.3 Å². The second kappa shape index (κ2) is 9.03. The highest BCUT2D eigenvalue weighted by Crippen LogP contribution is 2.44. The Labute approximate surface area is 184 Å². The molecule has 0 radical (unpaired) electrons. The minimum absolute atomic E-state index is 0.0578. The Morgan fingerprint density at radius 2 is 1.59 bits per heavy atom. The van der Waals surface area contributed by atoms with Crippen LogP contribution in [0.3, 0.4) is 0 Å². The van der Waals surface area contributed by atoms with Gasteiger partial charge in [-0.2, -0.15) is 0 Å². The molecule has 0 fully saturated rings. The molecule has 1 aliphatic carbocycles. The van der Waals surface area contributed by atoms with Gasteiger partial charge < -0.3 is 10.1 Å². The first-order chi connectivity index (χ1) is 15.5. The Kier molecular flexibility index (Phi) is 6.00. The van der Waals surface area contributed by atoms with Crippen LogP contribution in [0.1, 0.15) is 39.9 Å². The predicted molar refractivity (Wildman–Crippen MR) is 116 cm³/mol. The standard InChI is InChI=1S/C26H19F2NO3/c1-16(30)22-13-17(24(27)14-25(22)28)7-6-12-29-26(31)32-15-23-20-10-4-2-8-18(20)19-9-3-5-11-21(19)23/h2-5,8-11,13-14,23H,12,15H2,1H3,(H,29,31). The lowest BCUT2D eigenvalue weighted by molar-refractivity contribution is 0.101. The van der Waals surface area contributed by atoms with E-state index in [1.54, 1.807) is 0 Å². The number of Topliss-reactive ketones (excluding diaryl/α,β-unsaturated/α-hetero) is 1. The number of ether oxygens (including phenoxy) is 1. The number of ketones is 1. The number of nitrogens with one attached hydrogen (secondary N) is 1. The topological polar surface area (TPSA) is 55.4 Å². The molecule has 4 nitrogen and oxygen atoms in total. The van der Waals surface area contributed by atoms with E-state index >= 15 is 0 Å². The summed E-state index contributed by atoms with van der Waals surface area (Å²) in [5.41, 5.74) is 4.12. The van der Waals surface area contributed by atoms with Crippen molar-refractivity contribution in [3.8, 4) is 23.0 Å². The van der Waals surface area contributed by atoms with Gasteiger partial charge in [-0.1, -0.05) is 60.4 Å². The first kappa shape index (κ1) is 21.3. The van der Waals surface area contributed by atoms with Crippen molar-refractivity contribution in [3.63, 3.8) is 0 Å². The van der Waals surface area contributed by atoms with Crippen molar-refractivity contribution in [2.75, 3.05) is 13.2 Å². The number of benzene rings is 3. The smallest absolute Gasteiger partial charge is 0.407 e. The zero-order chi connectivity index (χ0) is 22.7. The van der Waals surface area contributed by atoms with E-state index in [4.69, 9.17) is 4.74 Å². The molecule has 0 aliphatic heterocycles. The normalized spacial score (nSPS) is 11.7. The molecule has 0 heterocycles. The monoisotopic (exact) mass is 431 g/mol. The van der Waals surface area contributed by atoms with Crippen molar-refractivity contribution in [1.82, 2.24) is 5.32 Å². The number of alkyl carbamates (subject to hydrolysis) is 1. The van der Waals surface area contributed by atoms with Crippen molar-refractivity contribution in [2.45, 2.75) is 12.8 Å². The highest BCUT2D eigenvalue weighted by molar-refractivity contribution is 5.94. The maximum Gasteiger partial charge on any atom is 0.407 e. The average Bonchev–Trinajstić information content (AvgIpc) is 3.10. The number of rotatable bonds is 4. The van der Waals surface area contributed by atoms with Crippen LogP contribution in [-0.4, -0.2) is 25.0 Å². The molecule has 0 saturated heterocycles. The third-order valence-corrected chi connectivity index (χ3v) is 5.32. The van der Waals surface area contributed by atoms with Crippen LogP contribution in [0.5, 0.6) is 0 Å². The molecule has 3 aromatic carbocycles. The van der Waals surface area contributed by atoms with Gasteiger partial charge >= 0.3 is 6.09 Å². The summed E-state index contributed by atoms with van der Waals surface area (Å²) < 4.78 is 32.8. The van der Waals surface area contributed by atoms with Gasteiger partial charge in [0.15, 0.2) is 5.78 Å². The molecule has 0 aromatic heterocycles. The number of carbonyl (C=O) groups excluding carboxylic acids is 2. The lowest BCUT2D eigenvalue weighted by Gasteiger charge is -2.14. The molecule has 1 amide bonds. The van der Waals surface area contributed by atoms with Crippen LogP contribution in [0.15, 0.2) is 60.7 Å². The zero-order valence-corrected chi connectivity index (χ0v) is 17.2. The molecule has 0 saturated carbocycles. The molecule has 160 valence electrons.